The summed E-state index contributed by atoms with van der Waals surface area (Å²) in [6, 6.07) is 9.22. The summed E-state index contributed by atoms with van der Waals surface area (Å²) in [4.78, 5) is 39.3. The zero-order valence-corrected chi connectivity index (χ0v) is 16.7. The highest BCUT2D eigenvalue weighted by Crippen LogP contribution is 2.35. The number of benzene rings is 2. The van der Waals surface area contributed by atoms with Crippen molar-refractivity contribution in [3.8, 4) is 17.2 Å². The molecule has 2 heterocycles. The first-order chi connectivity index (χ1) is 14.2. The fourth-order valence-electron chi connectivity index (χ4n) is 3.29. The van der Waals surface area contributed by atoms with Crippen LogP contribution in [0.5, 0.6) is 17.2 Å². The maximum atomic E-state index is 12.9. The molecule has 0 N–H and O–H groups in total. The summed E-state index contributed by atoms with van der Waals surface area (Å²) in [5, 5.41) is 0. The van der Waals surface area contributed by atoms with E-state index in [4.69, 9.17) is 14.2 Å². The van der Waals surface area contributed by atoms with Crippen LogP contribution in [-0.2, 0) is 14.6 Å². The van der Waals surface area contributed by atoms with E-state index < -0.39 is 39.4 Å². The molecule has 1 atom stereocenters. The van der Waals surface area contributed by atoms with Gasteiger partial charge in [-0.05, 0) is 30.7 Å². The van der Waals surface area contributed by atoms with E-state index in [1.807, 2.05) is 0 Å². The topological polar surface area (TPSA) is 116 Å². The minimum absolute atomic E-state index is 0.0404. The van der Waals surface area contributed by atoms with E-state index >= 15 is 0 Å². The Bertz CT molecular complexity index is 1120. The summed E-state index contributed by atoms with van der Waals surface area (Å²) < 4.78 is 39.1. The normalized spacial score (nSPS) is 15.8. The molecule has 30 heavy (non-hydrogen) atoms. The molecule has 156 valence electrons. The summed E-state index contributed by atoms with van der Waals surface area (Å²) in [6.45, 7) is 0.0404. The Morgan fingerprint density at radius 2 is 1.70 bits per heavy atom. The number of sulfone groups is 1. The maximum Gasteiger partial charge on any atom is 0.334 e. The van der Waals surface area contributed by atoms with E-state index in [1.54, 1.807) is 18.2 Å². The van der Waals surface area contributed by atoms with Gasteiger partial charge < -0.3 is 14.2 Å². The number of nitrogens with zero attached hydrogens (tertiary/aromatic N) is 1. The Labute approximate surface area is 172 Å². The molecule has 0 aromatic heterocycles. The lowest BCUT2D eigenvalue weighted by Crippen LogP contribution is -2.47. The van der Waals surface area contributed by atoms with Gasteiger partial charge >= 0.3 is 5.97 Å². The second-order valence-electron chi connectivity index (χ2n) is 6.90. The summed E-state index contributed by atoms with van der Waals surface area (Å²) >= 11 is 0. The number of amides is 2. The largest absolute Gasteiger partial charge is 0.454 e. The van der Waals surface area contributed by atoms with Crippen LogP contribution < -0.4 is 14.2 Å². The number of hydrogen-bond acceptors (Lipinski definition) is 8. The van der Waals surface area contributed by atoms with Crippen LogP contribution in [0.25, 0.3) is 0 Å². The number of fused-ring (bicyclic) bond motifs is 2. The molecule has 2 amide bonds. The van der Waals surface area contributed by atoms with Crippen LogP contribution >= 0.6 is 0 Å². The van der Waals surface area contributed by atoms with Gasteiger partial charge in [0.15, 0.2) is 11.5 Å². The van der Waals surface area contributed by atoms with Gasteiger partial charge in [0, 0.05) is 12.3 Å². The molecule has 2 aromatic carbocycles. The molecule has 0 spiro atoms. The third kappa shape index (κ3) is 3.73. The van der Waals surface area contributed by atoms with Crippen molar-refractivity contribution in [3.05, 3.63) is 53.6 Å². The van der Waals surface area contributed by atoms with E-state index in [0.29, 0.717) is 11.5 Å². The number of carbonyl (C=O) groups excluding carboxylic acids is 3. The molecular weight excluding hydrogens is 414 g/mol. The van der Waals surface area contributed by atoms with E-state index in [-0.39, 0.29) is 30.1 Å². The molecule has 0 aliphatic carbocycles. The smallest absolute Gasteiger partial charge is 0.334 e. The number of esters is 1. The molecular formula is C20H17NO8S. The fourth-order valence-corrected chi connectivity index (χ4v) is 3.94. The molecule has 4 rings (SSSR count). The molecule has 0 fully saturated rings. The van der Waals surface area contributed by atoms with Gasteiger partial charge in [-0.1, -0.05) is 12.1 Å². The number of carbonyl (C=O) groups is 3. The minimum Gasteiger partial charge on any atom is -0.454 e. The Morgan fingerprint density at radius 3 is 2.33 bits per heavy atom. The maximum absolute atomic E-state index is 12.9. The first-order valence-electron chi connectivity index (χ1n) is 9.00. The van der Waals surface area contributed by atoms with Crippen molar-refractivity contribution in [1.82, 2.24) is 4.90 Å². The van der Waals surface area contributed by atoms with Gasteiger partial charge in [0.05, 0.1) is 16.9 Å². The number of ether oxygens (including phenoxy) is 3. The highest BCUT2D eigenvalue weighted by Gasteiger charge is 2.43. The summed E-state index contributed by atoms with van der Waals surface area (Å²) in [7, 11) is -3.46. The van der Waals surface area contributed by atoms with Gasteiger partial charge in [0.25, 0.3) is 11.8 Å². The SMILES string of the molecule is CS(=O)(=O)CC[C@H](C(=O)Oc1ccc2c(c1)OCO2)N1C(=O)c2ccccc2C1=O. The second-order valence-corrected chi connectivity index (χ2v) is 9.16. The predicted molar refractivity (Wildman–Crippen MR) is 103 cm³/mol. The van der Waals surface area contributed by atoms with Crippen LogP contribution in [0.1, 0.15) is 27.1 Å². The average molecular weight is 431 g/mol. The zero-order valence-electron chi connectivity index (χ0n) is 15.9. The second kappa shape index (κ2) is 7.45. The van der Waals surface area contributed by atoms with Gasteiger partial charge in [-0.15, -0.1) is 0 Å². The van der Waals surface area contributed by atoms with Crippen molar-refractivity contribution >= 4 is 27.6 Å². The molecule has 0 radical (unpaired) electrons. The van der Waals surface area contributed by atoms with Crippen molar-refractivity contribution in [2.75, 3.05) is 18.8 Å². The summed E-state index contributed by atoms with van der Waals surface area (Å²) in [5.41, 5.74) is 0.311. The van der Waals surface area contributed by atoms with Crippen molar-refractivity contribution in [2.24, 2.45) is 0 Å². The molecule has 0 saturated carbocycles. The van der Waals surface area contributed by atoms with Crippen LogP contribution in [0.2, 0.25) is 0 Å². The number of imide groups is 1. The Hall–Kier alpha value is -3.40. The summed E-state index contributed by atoms with van der Waals surface area (Å²) in [6.07, 6.45) is 0.725. The predicted octanol–water partition coefficient (Wildman–Crippen LogP) is 1.42. The molecule has 0 unspecified atom stereocenters. The highest BCUT2D eigenvalue weighted by molar-refractivity contribution is 7.90. The standard InChI is InChI=1S/C20H17NO8S/c1-30(25,26)9-8-15(21-18(22)13-4-2-3-5-14(13)19(21)23)20(24)29-12-6-7-16-17(10-12)28-11-27-16/h2-7,10,15H,8-9,11H2,1H3/t15-/m1/s1. The highest BCUT2D eigenvalue weighted by atomic mass is 32.2. The Kier molecular flexibility index (Phi) is 4.94. The summed E-state index contributed by atoms with van der Waals surface area (Å²) in [5.74, 6) is -1.68. The lowest BCUT2D eigenvalue weighted by molar-refractivity contribution is -0.138. The third-order valence-electron chi connectivity index (χ3n) is 4.73. The van der Waals surface area contributed by atoms with E-state index in [2.05, 4.69) is 0 Å². The molecule has 0 bridgehead atoms. The Balaban J connectivity index is 1.62. The van der Waals surface area contributed by atoms with Crippen LogP contribution in [0.3, 0.4) is 0 Å². The van der Waals surface area contributed by atoms with Crippen LogP contribution in [0.4, 0.5) is 0 Å². The van der Waals surface area contributed by atoms with Crippen molar-refractivity contribution < 1.29 is 37.0 Å². The molecule has 0 saturated heterocycles. The molecule has 10 heteroatoms. The van der Waals surface area contributed by atoms with E-state index in [9.17, 15) is 22.8 Å². The minimum atomic E-state index is -3.46. The van der Waals surface area contributed by atoms with Gasteiger partial charge in [0.2, 0.25) is 6.79 Å². The first kappa shape index (κ1) is 19.9. The van der Waals surface area contributed by atoms with Gasteiger partial charge in [-0.2, -0.15) is 0 Å². The first-order valence-corrected chi connectivity index (χ1v) is 11.1. The van der Waals surface area contributed by atoms with Crippen molar-refractivity contribution in [1.29, 1.82) is 0 Å². The fraction of sp³-hybridized carbons (Fsp3) is 0.250. The number of rotatable bonds is 6. The van der Waals surface area contributed by atoms with E-state index in [0.717, 1.165) is 11.2 Å². The zero-order chi connectivity index (χ0) is 21.5. The monoisotopic (exact) mass is 431 g/mol. The number of hydrogen-bond donors (Lipinski definition) is 0. The lowest BCUT2D eigenvalue weighted by Gasteiger charge is -2.24. The van der Waals surface area contributed by atoms with Gasteiger partial charge in [-0.3, -0.25) is 14.5 Å². The van der Waals surface area contributed by atoms with E-state index in [1.165, 1.54) is 24.3 Å². The van der Waals surface area contributed by atoms with Gasteiger partial charge in [0.1, 0.15) is 21.6 Å². The van der Waals surface area contributed by atoms with Crippen molar-refractivity contribution in [2.45, 2.75) is 12.5 Å². The average Bonchev–Trinajstić information content (AvgIpc) is 3.25. The lowest BCUT2D eigenvalue weighted by atomic mass is 10.1. The van der Waals surface area contributed by atoms with Crippen molar-refractivity contribution in [3.63, 3.8) is 0 Å². The molecule has 2 aliphatic heterocycles. The quantitative estimate of drug-likeness (QED) is 0.383. The van der Waals surface area contributed by atoms with Gasteiger partial charge in [-0.25, -0.2) is 13.2 Å². The van der Waals surface area contributed by atoms with Crippen LogP contribution in [0, 0.1) is 0 Å². The Morgan fingerprint density at radius 1 is 1.07 bits per heavy atom. The van der Waals surface area contributed by atoms with Crippen LogP contribution in [0.15, 0.2) is 42.5 Å². The van der Waals surface area contributed by atoms with Crippen LogP contribution in [-0.4, -0.2) is 55.9 Å². The third-order valence-corrected chi connectivity index (χ3v) is 5.71. The molecule has 9 nitrogen and oxygen atoms in total. The molecule has 2 aromatic rings. The molecule has 2 aliphatic rings.